The van der Waals surface area contributed by atoms with Gasteiger partial charge in [-0.3, -0.25) is 4.79 Å². The van der Waals surface area contributed by atoms with E-state index < -0.39 is 15.1 Å². The number of carbonyl (C=O) groups is 1. The van der Waals surface area contributed by atoms with Crippen LogP contribution in [0.5, 0.6) is 0 Å². The first-order valence-corrected chi connectivity index (χ1v) is 8.09. The van der Waals surface area contributed by atoms with Crippen molar-refractivity contribution in [2.75, 3.05) is 32.1 Å². The molecule has 6 nitrogen and oxygen atoms in total. The predicted octanol–water partition coefficient (Wildman–Crippen LogP) is -0.942. The summed E-state index contributed by atoms with van der Waals surface area (Å²) in [4.78, 5) is 11.7. The van der Waals surface area contributed by atoms with E-state index in [9.17, 15) is 13.2 Å². The molecule has 2 fully saturated rings. The topological polar surface area (TPSA) is 84.5 Å². The molecule has 2 saturated heterocycles. The van der Waals surface area contributed by atoms with Crippen molar-refractivity contribution in [1.82, 2.24) is 10.6 Å². The molecule has 7 heteroatoms. The number of morpholine rings is 1. The minimum absolute atomic E-state index is 0.0407. The van der Waals surface area contributed by atoms with Crippen LogP contribution < -0.4 is 10.6 Å². The second-order valence-electron chi connectivity index (χ2n) is 4.87. The van der Waals surface area contributed by atoms with E-state index in [2.05, 4.69) is 10.6 Å². The smallest absolute Gasteiger partial charge is 0.221 e. The van der Waals surface area contributed by atoms with E-state index in [1.165, 1.54) is 0 Å². The van der Waals surface area contributed by atoms with Gasteiger partial charge in [-0.15, -0.1) is 0 Å². The Kier molecular flexibility index (Phi) is 4.58. The first kappa shape index (κ1) is 13.8. The van der Waals surface area contributed by atoms with E-state index >= 15 is 0 Å². The second kappa shape index (κ2) is 5.99. The molecule has 0 radical (unpaired) electrons. The lowest BCUT2D eigenvalue weighted by Gasteiger charge is -2.23. The lowest BCUT2D eigenvalue weighted by Crippen LogP contribution is -2.45. The fourth-order valence-corrected chi connectivity index (χ4v) is 4.13. The quantitative estimate of drug-likeness (QED) is 0.692. The summed E-state index contributed by atoms with van der Waals surface area (Å²) in [6.07, 6.45) is 1.71. The van der Waals surface area contributed by atoms with E-state index in [1.54, 1.807) is 0 Å². The lowest BCUT2D eigenvalue weighted by molar-refractivity contribution is -0.122. The number of sulfone groups is 1. The third-order valence-electron chi connectivity index (χ3n) is 3.42. The van der Waals surface area contributed by atoms with Gasteiger partial charge in [0.15, 0.2) is 9.84 Å². The Bertz CT molecular complexity index is 390. The van der Waals surface area contributed by atoms with Gasteiger partial charge >= 0.3 is 0 Å². The highest BCUT2D eigenvalue weighted by molar-refractivity contribution is 7.92. The van der Waals surface area contributed by atoms with Crippen LogP contribution >= 0.6 is 0 Å². The lowest BCUT2D eigenvalue weighted by atomic mass is 10.2. The van der Waals surface area contributed by atoms with E-state index in [0.717, 1.165) is 6.54 Å². The average Bonchev–Trinajstić information content (AvgIpc) is 2.67. The highest BCUT2D eigenvalue weighted by atomic mass is 32.2. The van der Waals surface area contributed by atoms with Gasteiger partial charge in [0.2, 0.25) is 5.91 Å². The van der Waals surface area contributed by atoms with E-state index in [0.29, 0.717) is 32.5 Å². The second-order valence-corrected chi connectivity index (χ2v) is 7.27. The largest absolute Gasteiger partial charge is 0.378 e. The van der Waals surface area contributed by atoms with Crippen LogP contribution in [-0.4, -0.2) is 57.7 Å². The first-order chi connectivity index (χ1) is 8.58. The zero-order valence-corrected chi connectivity index (χ0v) is 11.2. The van der Waals surface area contributed by atoms with E-state index in [1.807, 2.05) is 0 Å². The summed E-state index contributed by atoms with van der Waals surface area (Å²) in [6.45, 7) is 2.22. The van der Waals surface area contributed by atoms with Gasteiger partial charge in [-0.05, 0) is 12.8 Å². The van der Waals surface area contributed by atoms with Crippen LogP contribution in [0.15, 0.2) is 0 Å². The summed E-state index contributed by atoms with van der Waals surface area (Å²) < 4.78 is 28.4. The molecule has 2 atom stereocenters. The molecule has 0 aromatic heterocycles. The van der Waals surface area contributed by atoms with Crippen molar-refractivity contribution < 1.29 is 17.9 Å². The zero-order valence-electron chi connectivity index (χ0n) is 10.4. The molecule has 2 unspecified atom stereocenters. The molecule has 104 valence electrons. The Balaban J connectivity index is 1.71. The van der Waals surface area contributed by atoms with Crippen LogP contribution in [-0.2, 0) is 19.4 Å². The average molecular weight is 276 g/mol. The molecule has 0 aromatic carbocycles. The number of carbonyl (C=O) groups excluding carboxylic acids is 1. The normalized spacial score (nSPS) is 31.1. The molecule has 1 amide bonds. The predicted molar refractivity (Wildman–Crippen MR) is 67.0 cm³/mol. The summed E-state index contributed by atoms with van der Waals surface area (Å²) in [5.41, 5.74) is 0. The maximum absolute atomic E-state index is 11.7. The Morgan fingerprint density at radius 1 is 1.44 bits per heavy atom. The van der Waals surface area contributed by atoms with Crippen LogP contribution in [0.25, 0.3) is 0 Å². The van der Waals surface area contributed by atoms with Crippen molar-refractivity contribution in [3.63, 3.8) is 0 Å². The van der Waals surface area contributed by atoms with Gasteiger partial charge in [0, 0.05) is 25.6 Å². The standard InChI is InChI=1S/C11H20N2O4S/c14-11(6-9-8-17-4-3-12-9)13-7-10-2-1-5-18(10,15)16/h9-10,12H,1-8H2,(H,13,14). The molecule has 18 heavy (non-hydrogen) atoms. The SMILES string of the molecule is O=C(CC1COCCN1)NCC1CCCS1(=O)=O. The summed E-state index contributed by atoms with van der Waals surface area (Å²) in [6, 6.07) is 0.0407. The fourth-order valence-electron chi connectivity index (χ4n) is 2.36. The van der Waals surface area contributed by atoms with Crippen LogP contribution in [0.4, 0.5) is 0 Å². The fraction of sp³-hybridized carbons (Fsp3) is 0.909. The van der Waals surface area contributed by atoms with Crippen LogP contribution in [0.3, 0.4) is 0 Å². The van der Waals surface area contributed by atoms with Crippen molar-refractivity contribution in [3.05, 3.63) is 0 Å². The number of hydrogen-bond acceptors (Lipinski definition) is 5. The highest BCUT2D eigenvalue weighted by Gasteiger charge is 2.31. The molecule has 0 aromatic rings. The number of rotatable bonds is 4. The minimum Gasteiger partial charge on any atom is -0.378 e. The highest BCUT2D eigenvalue weighted by Crippen LogP contribution is 2.19. The third-order valence-corrected chi connectivity index (χ3v) is 5.70. The number of ether oxygens (including phenoxy) is 1. The summed E-state index contributed by atoms with van der Waals surface area (Å²) in [7, 11) is -2.97. The summed E-state index contributed by atoms with van der Waals surface area (Å²) in [5.74, 6) is 0.144. The Morgan fingerprint density at radius 3 is 2.89 bits per heavy atom. The van der Waals surface area contributed by atoms with E-state index in [-0.39, 0.29) is 24.2 Å². The summed E-state index contributed by atoms with van der Waals surface area (Å²) in [5, 5.41) is 5.51. The molecular formula is C11H20N2O4S. The van der Waals surface area contributed by atoms with Crippen LogP contribution in [0.2, 0.25) is 0 Å². The van der Waals surface area contributed by atoms with Gasteiger partial charge in [-0.25, -0.2) is 8.42 Å². The maximum Gasteiger partial charge on any atom is 0.221 e. The maximum atomic E-state index is 11.7. The van der Waals surface area contributed by atoms with Gasteiger partial charge in [0.05, 0.1) is 24.2 Å². The number of amides is 1. The Hall–Kier alpha value is -0.660. The molecule has 2 heterocycles. The molecule has 2 N–H and O–H groups in total. The minimum atomic E-state index is -2.97. The van der Waals surface area contributed by atoms with Crippen molar-refractivity contribution >= 4 is 15.7 Å². The molecule has 0 bridgehead atoms. The van der Waals surface area contributed by atoms with Crippen molar-refractivity contribution in [2.24, 2.45) is 0 Å². The van der Waals surface area contributed by atoms with Gasteiger partial charge < -0.3 is 15.4 Å². The molecule has 0 aliphatic carbocycles. The van der Waals surface area contributed by atoms with Gasteiger partial charge in [-0.1, -0.05) is 0 Å². The van der Waals surface area contributed by atoms with Gasteiger partial charge in [0.25, 0.3) is 0 Å². The molecule has 0 spiro atoms. The molecule has 2 aliphatic rings. The number of hydrogen-bond donors (Lipinski definition) is 2. The summed E-state index contributed by atoms with van der Waals surface area (Å²) >= 11 is 0. The van der Waals surface area contributed by atoms with Gasteiger partial charge in [-0.2, -0.15) is 0 Å². The Labute approximate surface area is 107 Å². The molecule has 2 rings (SSSR count). The van der Waals surface area contributed by atoms with Crippen molar-refractivity contribution in [1.29, 1.82) is 0 Å². The monoisotopic (exact) mass is 276 g/mol. The van der Waals surface area contributed by atoms with E-state index in [4.69, 9.17) is 4.74 Å². The van der Waals surface area contributed by atoms with Crippen molar-refractivity contribution in [2.45, 2.75) is 30.6 Å². The number of nitrogens with one attached hydrogen (secondary N) is 2. The Morgan fingerprint density at radius 2 is 2.28 bits per heavy atom. The van der Waals surface area contributed by atoms with Crippen molar-refractivity contribution in [3.8, 4) is 0 Å². The molecule has 0 saturated carbocycles. The van der Waals surface area contributed by atoms with Crippen LogP contribution in [0, 0.1) is 0 Å². The third kappa shape index (κ3) is 3.66. The molecular weight excluding hydrogens is 256 g/mol. The van der Waals surface area contributed by atoms with Gasteiger partial charge in [0.1, 0.15) is 0 Å². The van der Waals surface area contributed by atoms with Crippen LogP contribution in [0.1, 0.15) is 19.3 Å². The molecule has 2 aliphatic heterocycles. The first-order valence-electron chi connectivity index (χ1n) is 6.37. The zero-order chi connectivity index (χ0) is 13.0.